The molecular weight excluding hydrogens is 196 g/mol. The van der Waals surface area contributed by atoms with Gasteiger partial charge in [-0.25, -0.2) is 0 Å². The van der Waals surface area contributed by atoms with Crippen LogP contribution in [0.2, 0.25) is 0 Å². The lowest BCUT2D eigenvalue weighted by Gasteiger charge is -2.17. The Morgan fingerprint density at radius 1 is 1.07 bits per heavy atom. The van der Waals surface area contributed by atoms with Crippen molar-refractivity contribution in [2.45, 2.75) is 47.1 Å². The van der Waals surface area contributed by atoms with Gasteiger partial charge in [0.25, 0.3) is 0 Å². The molecule has 0 aliphatic heterocycles. The summed E-state index contributed by atoms with van der Waals surface area (Å²) in [5.41, 5.74) is 0. The molecule has 2 N–H and O–H groups in total. The minimum Gasteiger partial charge on any atom is -0.481 e. The molecule has 0 aromatic heterocycles. The van der Waals surface area contributed by atoms with E-state index >= 15 is 0 Å². The predicted molar refractivity (Wildman–Crippen MR) is 58.6 cm³/mol. The van der Waals surface area contributed by atoms with Crippen molar-refractivity contribution < 1.29 is 19.8 Å². The largest absolute Gasteiger partial charge is 0.481 e. The second-order valence-corrected chi connectivity index (χ2v) is 4.25. The van der Waals surface area contributed by atoms with Crippen LogP contribution in [0.5, 0.6) is 0 Å². The maximum atomic E-state index is 9.87. The molecular formula is C11H22O4. The number of carbonyl (C=O) groups is 2. The number of carboxylic acid groups (broad SMARTS) is 1. The Kier molecular flexibility index (Phi) is 9.27. The molecule has 0 aromatic carbocycles. The third-order valence-electron chi connectivity index (χ3n) is 1.77. The summed E-state index contributed by atoms with van der Waals surface area (Å²) in [5, 5.41) is 17.1. The van der Waals surface area contributed by atoms with E-state index in [2.05, 4.69) is 0 Å². The smallest absolute Gasteiger partial charge is 0.310 e. The predicted octanol–water partition coefficient (Wildman–Crippen LogP) is 1.71. The van der Waals surface area contributed by atoms with Crippen molar-refractivity contribution in [1.29, 1.82) is 0 Å². The number of aliphatic hydroxyl groups is 1. The molecule has 0 aliphatic carbocycles. The van der Waals surface area contributed by atoms with Gasteiger partial charge in [0.15, 0.2) is 0 Å². The van der Waals surface area contributed by atoms with E-state index in [1.165, 1.54) is 6.92 Å². The molecule has 0 radical (unpaired) electrons. The van der Waals surface area contributed by atoms with Gasteiger partial charge in [-0.05, 0) is 18.8 Å². The highest BCUT2D eigenvalue weighted by molar-refractivity contribution is 5.93. The summed E-state index contributed by atoms with van der Waals surface area (Å²) >= 11 is 0. The van der Waals surface area contributed by atoms with Crippen molar-refractivity contribution >= 4 is 11.8 Å². The summed E-state index contributed by atoms with van der Waals surface area (Å²) in [6.07, 6.45) is -0.491. The molecule has 15 heavy (non-hydrogen) atoms. The Balaban J connectivity index is 0. The van der Waals surface area contributed by atoms with Gasteiger partial charge in [0.1, 0.15) is 12.2 Å². The quantitative estimate of drug-likeness (QED) is 0.704. The second kappa shape index (κ2) is 8.41. The maximum absolute atomic E-state index is 9.87. The number of ketones is 1. The molecule has 0 unspecified atom stereocenters. The van der Waals surface area contributed by atoms with Crippen LogP contribution in [0.4, 0.5) is 0 Å². The fourth-order valence-electron chi connectivity index (χ4n) is 0.983. The van der Waals surface area contributed by atoms with Crippen molar-refractivity contribution in [2.24, 2.45) is 11.8 Å². The average Bonchev–Trinajstić information content (AvgIpc) is 2.00. The molecule has 0 heterocycles. The number of Topliss-reactive ketones (excluding diaryl/α,β-unsaturated/α-hetero) is 1. The highest BCUT2D eigenvalue weighted by Crippen LogP contribution is 2.10. The topological polar surface area (TPSA) is 74.6 Å². The first kappa shape index (κ1) is 16.5. The van der Waals surface area contributed by atoms with Crippen LogP contribution in [0, 0.1) is 11.8 Å². The van der Waals surface area contributed by atoms with Crippen LogP contribution in [-0.4, -0.2) is 28.1 Å². The average molecular weight is 218 g/mol. The van der Waals surface area contributed by atoms with Crippen LogP contribution >= 0.6 is 0 Å². The molecule has 0 aromatic rings. The molecule has 0 atom stereocenters. The number of aliphatic hydroxyl groups excluding tert-OH is 1. The zero-order valence-electron chi connectivity index (χ0n) is 10.2. The molecule has 0 fully saturated rings. The molecule has 0 aliphatic rings. The monoisotopic (exact) mass is 218 g/mol. The fourth-order valence-corrected chi connectivity index (χ4v) is 0.983. The molecule has 0 bridgehead atoms. The Morgan fingerprint density at radius 2 is 1.40 bits per heavy atom. The summed E-state index contributed by atoms with van der Waals surface area (Å²) in [4.78, 5) is 19.5. The number of hydrogen-bond acceptors (Lipinski definition) is 3. The lowest BCUT2D eigenvalue weighted by atomic mass is 9.97. The standard InChI is InChI=1S/C7H16O.C4H6O3/c1-5(2)7(8)6(3)4;1-3(5)2-4(6)7/h5-8H,1-4H3;2H2,1H3,(H,6,7). The van der Waals surface area contributed by atoms with Crippen molar-refractivity contribution in [3.8, 4) is 0 Å². The lowest BCUT2D eigenvalue weighted by Crippen LogP contribution is -2.20. The van der Waals surface area contributed by atoms with Crippen molar-refractivity contribution in [1.82, 2.24) is 0 Å². The summed E-state index contributed by atoms with van der Waals surface area (Å²) in [6.45, 7) is 9.37. The van der Waals surface area contributed by atoms with Crippen LogP contribution in [0.25, 0.3) is 0 Å². The van der Waals surface area contributed by atoms with Gasteiger partial charge in [-0.15, -0.1) is 0 Å². The number of aliphatic carboxylic acids is 1. The lowest BCUT2D eigenvalue weighted by molar-refractivity contribution is -0.139. The summed E-state index contributed by atoms with van der Waals surface area (Å²) in [7, 11) is 0. The van der Waals surface area contributed by atoms with Gasteiger partial charge < -0.3 is 10.2 Å². The zero-order valence-corrected chi connectivity index (χ0v) is 10.2. The number of carboxylic acids is 1. The highest BCUT2D eigenvalue weighted by atomic mass is 16.4. The molecule has 0 spiro atoms. The second-order valence-electron chi connectivity index (χ2n) is 4.25. The van der Waals surface area contributed by atoms with Gasteiger partial charge in [-0.1, -0.05) is 27.7 Å². The van der Waals surface area contributed by atoms with Gasteiger partial charge in [-0.2, -0.15) is 0 Å². The van der Waals surface area contributed by atoms with Gasteiger partial charge in [0, 0.05) is 0 Å². The SMILES string of the molecule is CC(=O)CC(=O)O.CC(C)C(O)C(C)C. The first-order chi connectivity index (χ1) is 6.68. The molecule has 0 saturated carbocycles. The molecule has 90 valence electrons. The number of carbonyl (C=O) groups excluding carboxylic acids is 1. The Bertz CT molecular complexity index is 177. The minimum atomic E-state index is -1.06. The van der Waals surface area contributed by atoms with E-state index in [1.807, 2.05) is 27.7 Å². The first-order valence-corrected chi connectivity index (χ1v) is 5.07. The normalized spacial score (nSPS) is 10.2. The minimum absolute atomic E-state index is 0.130. The van der Waals surface area contributed by atoms with E-state index in [0.29, 0.717) is 11.8 Å². The van der Waals surface area contributed by atoms with E-state index in [0.717, 1.165) is 0 Å². The van der Waals surface area contributed by atoms with Crippen LogP contribution in [0.15, 0.2) is 0 Å². The van der Waals surface area contributed by atoms with E-state index < -0.39 is 5.97 Å². The third kappa shape index (κ3) is 13.1. The fraction of sp³-hybridized carbons (Fsp3) is 0.818. The van der Waals surface area contributed by atoms with E-state index in [4.69, 9.17) is 5.11 Å². The van der Waals surface area contributed by atoms with Gasteiger partial charge >= 0.3 is 5.97 Å². The molecule has 0 rings (SSSR count). The van der Waals surface area contributed by atoms with E-state index in [9.17, 15) is 14.7 Å². The number of rotatable bonds is 4. The Morgan fingerprint density at radius 3 is 1.40 bits per heavy atom. The van der Waals surface area contributed by atoms with E-state index in [1.54, 1.807) is 0 Å². The van der Waals surface area contributed by atoms with Gasteiger partial charge in [0.05, 0.1) is 6.10 Å². The third-order valence-corrected chi connectivity index (χ3v) is 1.77. The zero-order chi connectivity index (χ0) is 12.6. The van der Waals surface area contributed by atoms with Gasteiger partial charge in [0.2, 0.25) is 0 Å². The van der Waals surface area contributed by atoms with Gasteiger partial charge in [-0.3, -0.25) is 9.59 Å². The van der Waals surface area contributed by atoms with Crippen molar-refractivity contribution in [3.63, 3.8) is 0 Å². The van der Waals surface area contributed by atoms with Crippen LogP contribution in [0.3, 0.4) is 0 Å². The number of hydrogen-bond donors (Lipinski definition) is 2. The first-order valence-electron chi connectivity index (χ1n) is 5.07. The molecule has 0 amide bonds. The van der Waals surface area contributed by atoms with Crippen molar-refractivity contribution in [3.05, 3.63) is 0 Å². The van der Waals surface area contributed by atoms with Crippen LogP contribution in [-0.2, 0) is 9.59 Å². The summed E-state index contributed by atoms with van der Waals surface area (Å²) in [5.74, 6) is -0.579. The van der Waals surface area contributed by atoms with Crippen molar-refractivity contribution in [2.75, 3.05) is 0 Å². The Hall–Kier alpha value is -0.900. The highest BCUT2D eigenvalue weighted by Gasteiger charge is 2.11. The van der Waals surface area contributed by atoms with Crippen LogP contribution in [0.1, 0.15) is 41.0 Å². The summed E-state index contributed by atoms with van der Waals surface area (Å²) in [6, 6.07) is 0. The van der Waals surface area contributed by atoms with Crippen LogP contribution < -0.4 is 0 Å². The Labute approximate surface area is 91.3 Å². The molecule has 0 saturated heterocycles. The maximum Gasteiger partial charge on any atom is 0.310 e. The summed E-state index contributed by atoms with van der Waals surface area (Å²) < 4.78 is 0. The molecule has 4 heteroatoms. The van der Waals surface area contributed by atoms with E-state index in [-0.39, 0.29) is 18.3 Å². The molecule has 4 nitrogen and oxygen atoms in total.